The van der Waals surface area contributed by atoms with Crippen LogP contribution in [0.15, 0.2) is 0 Å². The van der Waals surface area contributed by atoms with Crippen LogP contribution < -0.4 is 139 Å². The summed E-state index contributed by atoms with van der Waals surface area (Å²) in [5.41, 5.74) is 5.25. The molecule has 0 amide bonds. The van der Waals surface area contributed by atoms with Gasteiger partial charge in [0.2, 0.25) is 10.4 Å². The van der Waals surface area contributed by atoms with Crippen LogP contribution in [0.5, 0.6) is 0 Å². The molecule has 0 aliphatic carbocycles. The molecule has 0 aromatic rings. The van der Waals surface area contributed by atoms with Gasteiger partial charge in [-0.3, -0.25) is 4.18 Å². The molecule has 0 radical (unpaired) electrons. The van der Waals surface area contributed by atoms with Gasteiger partial charge in [0.25, 0.3) is 0 Å². The van der Waals surface area contributed by atoms with Crippen LogP contribution in [0.4, 0.5) is 0 Å². The van der Waals surface area contributed by atoms with Crippen molar-refractivity contribution in [1.82, 2.24) is 0 Å². The van der Waals surface area contributed by atoms with Crippen LogP contribution in [0.25, 0.3) is 0 Å². The van der Waals surface area contributed by atoms with Crippen molar-refractivity contribution in [3.63, 3.8) is 0 Å². The maximum Gasteiger partial charge on any atom is 1.00 e. The summed E-state index contributed by atoms with van der Waals surface area (Å²) in [6, 6.07) is -1.75. The van der Waals surface area contributed by atoms with Crippen LogP contribution >= 0.6 is 7.82 Å². The van der Waals surface area contributed by atoms with Crippen molar-refractivity contribution in [2.45, 2.75) is 92.1 Å². The Morgan fingerprint density at radius 2 is 1.40 bits per heavy atom. The first-order valence-corrected chi connectivity index (χ1v) is 15.8. The summed E-state index contributed by atoms with van der Waals surface area (Å²) in [6.45, 7) is -3.74. The van der Waals surface area contributed by atoms with Gasteiger partial charge in [-0.05, 0) is 0 Å². The molecule has 3 rings (SSSR count). The first-order chi connectivity index (χ1) is 21.2. The van der Waals surface area contributed by atoms with Crippen LogP contribution in [0, 0.1) is 0 Å². The van der Waals surface area contributed by atoms with E-state index in [1.807, 2.05) is 0 Å². The van der Waals surface area contributed by atoms with Crippen molar-refractivity contribution in [1.29, 1.82) is 0 Å². The molecular formula is C20H32NNa4O23PS. The Labute approximate surface area is 372 Å². The van der Waals surface area contributed by atoms with E-state index in [0.29, 0.717) is 0 Å². The Kier molecular flexibility index (Phi) is 26.4. The number of nitrogens with two attached hydrogens (primary N) is 1. The van der Waals surface area contributed by atoms with Gasteiger partial charge < -0.3 is 103 Å². The number of ether oxygens (including phenoxy) is 6. The van der Waals surface area contributed by atoms with Crippen LogP contribution in [0.2, 0.25) is 0 Å². The second kappa shape index (κ2) is 24.0. The van der Waals surface area contributed by atoms with Gasteiger partial charge in [-0.1, -0.05) is 0 Å². The fraction of sp³-hybridized carbons (Fsp3) is 0.950. The molecule has 0 saturated carbocycles. The van der Waals surface area contributed by atoms with Gasteiger partial charge in [0.1, 0.15) is 67.1 Å². The average molecular weight is 809 g/mol. The molecule has 0 aromatic carbocycles. The summed E-state index contributed by atoms with van der Waals surface area (Å²) in [7, 11) is -11.2. The normalized spacial score (nSPS) is 38.3. The second-order valence-corrected chi connectivity index (χ2v) is 12.3. The quantitative estimate of drug-likeness (QED) is 0.0349. The first kappa shape index (κ1) is 55.0. The van der Waals surface area contributed by atoms with Gasteiger partial charge in [0.05, 0.1) is 46.3 Å². The van der Waals surface area contributed by atoms with Gasteiger partial charge in [-0.25, -0.2) is 8.42 Å². The Morgan fingerprint density at radius 1 is 0.840 bits per heavy atom. The van der Waals surface area contributed by atoms with Crippen molar-refractivity contribution >= 4 is 24.2 Å². The van der Waals surface area contributed by atoms with E-state index in [1.54, 1.807) is 0 Å². The van der Waals surface area contributed by atoms with E-state index >= 15 is 0 Å². The van der Waals surface area contributed by atoms with Crippen molar-refractivity contribution < 1.29 is 228 Å². The third kappa shape index (κ3) is 15.7. The summed E-state index contributed by atoms with van der Waals surface area (Å²) < 4.78 is 83.5. The minimum Gasteiger partial charge on any atom is -0.790 e. The Balaban J connectivity index is 0. The minimum absolute atomic E-state index is 0. The SMILES string of the molecule is N[C@@H](CO[C@@H]1OC[C@@H](O[C@@H]2O[C@H](CO)[C@H](O)[C@H](O[C@@H]3O[C@H](COS(=O)(=O)[O-])[C@H](O)[C@H](O)[C@H]3O)[C@H]2O)[C@H](O)[C@H]1OP(=O)([O-])[O-])C(=O)[O-].[Na+].[Na+].[Na+].[Na+]. The smallest absolute Gasteiger partial charge is 0.790 e. The zero-order valence-electron chi connectivity index (χ0n) is 27.1. The standard InChI is InChI=1S/C20H36NO23PS.4Na/c21-5(17(29)30)2-37-20-16(44-45(31,32)33)11(25)7(3-38-20)41-19-14(28)15(10(24)6(1-22)40-19)43-18-13(27)12(26)9(23)8(42-18)4-39-46(34,35)36;;;;/h5-16,18-20,22-28H,1-4,21H2,(H,29,30)(H2,31,32,33)(H,34,35,36);;;;/q;4*+1/p-4/t5-,6+,7+,8+,9-,10-,11-,12-,13+,14+,15-,16+,18-,19-,20+;;;;/m0..../s1. The van der Waals surface area contributed by atoms with Crippen LogP contribution in [0.3, 0.4) is 0 Å². The Hall–Kier alpha value is 2.89. The first-order valence-electron chi connectivity index (χ1n) is 13.1. The van der Waals surface area contributed by atoms with E-state index in [1.165, 1.54) is 0 Å². The van der Waals surface area contributed by atoms with Crippen molar-refractivity contribution in [3.8, 4) is 0 Å². The number of carbonyl (C=O) groups excluding carboxylic acids is 1. The van der Waals surface area contributed by atoms with Crippen LogP contribution in [-0.4, -0.2) is 173 Å². The van der Waals surface area contributed by atoms with Crippen molar-refractivity contribution in [3.05, 3.63) is 0 Å². The van der Waals surface area contributed by atoms with Gasteiger partial charge in [0, 0.05) is 0 Å². The molecule has 0 unspecified atom stereocenters. The number of hydrogen-bond donors (Lipinski definition) is 8. The topological polar surface area (TPSA) is 402 Å². The van der Waals surface area contributed by atoms with Gasteiger partial charge in [0.15, 0.2) is 18.9 Å². The molecule has 3 aliphatic heterocycles. The number of carbonyl (C=O) groups is 1. The van der Waals surface area contributed by atoms with E-state index in [-0.39, 0.29) is 118 Å². The molecule has 0 spiro atoms. The molecule has 0 aromatic heterocycles. The van der Waals surface area contributed by atoms with E-state index in [0.717, 1.165) is 0 Å². The molecule has 15 atom stereocenters. The minimum atomic E-state index is -5.88. The molecule has 9 N–H and O–H groups in total. The molecule has 3 saturated heterocycles. The average Bonchev–Trinajstić information content (AvgIpc) is 2.95. The fourth-order valence-electron chi connectivity index (χ4n) is 4.52. The van der Waals surface area contributed by atoms with Crippen LogP contribution in [0.1, 0.15) is 0 Å². The van der Waals surface area contributed by atoms with Gasteiger partial charge in [-0.15, -0.1) is 0 Å². The number of aliphatic carboxylic acids is 1. The predicted octanol–water partition coefficient (Wildman–Crippen LogP) is -22.5. The molecule has 24 nitrogen and oxygen atoms in total. The second-order valence-electron chi connectivity index (χ2n) is 10.2. The molecule has 50 heavy (non-hydrogen) atoms. The molecular weight excluding hydrogens is 777 g/mol. The number of rotatable bonds is 14. The van der Waals surface area contributed by atoms with E-state index < -0.39 is 143 Å². The number of aliphatic hydroxyl groups is 7. The number of phosphoric acid groups is 1. The number of phosphoric ester groups is 1. The summed E-state index contributed by atoms with van der Waals surface area (Å²) in [4.78, 5) is 33.5. The summed E-state index contributed by atoms with van der Waals surface area (Å²) in [5, 5.41) is 83.5. The van der Waals surface area contributed by atoms with E-state index in [9.17, 15) is 73.0 Å². The van der Waals surface area contributed by atoms with Crippen LogP contribution in [-0.2, 0) is 56.9 Å². The fourth-order valence-corrected chi connectivity index (χ4v) is 5.34. The maximum atomic E-state index is 11.3. The van der Waals surface area contributed by atoms with E-state index in [2.05, 4.69) is 8.71 Å². The third-order valence-corrected chi connectivity index (χ3v) is 7.80. The van der Waals surface area contributed by atoms with Crippen molar-refractivity contribution in [2.75, 3.05) is 26.4 Å². The van der Waals surface area contributed by atoms with Gasteiger partial charge >= 0.3 is 118 Å². The van der Waals surface area contributed by atoms with E-state index in [4.69, 9.17) is 34.2 Å². The maximum absolute atomic E-state index is 11.3. The summed E-state index contributed by atoms with van der Waals surface area (Å²) in [5.74, 6) is -1.77. The molecule has 3 heterocycles. The predicted molar refractivity (Wildman–Crippen MR) is 127 cm³/mol. The van der Waals surface area contributed by atoms with Gasteiger partial charge in [-0.2, -0.15) is 0 Å². The summed E-state index contributed by atoms with van der Waals surface area (Å²) >= 11 is 0. The number of hydrogen-bond acceptors (Lipinski definition) is 24. The zero-order chi connectivity index (χ0) is 34.7. The molecule has 30 heteroatoms. The number of carboxylic acids is 1. The number of carboxylic acid groups (broad SMARTS) is 1. The molecule has 3 fully saturated rings. The zero-order valence-corrected chi connectivity index (χ0v) is 36.8. The third-order valence-electron chi connectivity index (χ3n) is 6.87. The molecule has 3 aliphatic rings. The Morgan fingerprint density at radius 3 is 1.92 bits per heavy atom. The largest absolute Gasteiger partial charge is 1.00 e. The number of aliphatic hydroxyl groups excluding tert-OH is 7. The summed E-state index contributed by atoms with van der Waals surface area (Å²) in [6.07, 6.45) is -27.9. The monoisotopic (exact) mass is 809 g/mol. The molecule has 270 valence electrons. The van der Waals surface area contributed by atoms with Crippen molar-refractivity contribution in [2.24, 2.45) is 5.73 Å². The Bertz CT molecular complexity index is 1180. The molecule has 0 bridgehead atoms.